The van der Waals surface area contributed by atoms with E-state index in [-0.39, 0.29) is 5.91 Å². The van der Waals surface area contributed by atoms with Gasteiger partial charge in [-0.2, -0.15) is 10.2 Å². The first kappa shape index (κ1) is 16.4. The summed E-state index contributed by atoms with van der Waals surface area (Å²) in [6.45, 7) is 1.94. The Morgan fingerprint density at radius 2 is 1.64 bits per heavy atom. The lowest BCUT2D eigenvalue weighted by Crippen LogP contribution is -2.11. The van der Waals surface area contributed by atoms with Gasteiger partial charge >= 0.3 is 0 Å². The van der Waals surface area contributed by atoms with Crippen molar-refractivity contribution in [3.8, 4) is 0 Å². The van der Waals surface area contributed by atoms with Gasteiger partial charge in [0.25, 0.3) is 5.91 Å². The van der Waals surface area contributed by atoms with Crippen LogP contribution in [0.15, 0.2) is 83.0 Å². The summed E-state index contributed by atoms with van der Waals surface area (Å²) in [5.74, 6) is -0.146. The molecule has 0 aromatic heterocycles. The van der Waals surface area contributed by atoms with Gasteiger partial charge in [0.2, 0.25) is 0 Å². The van der Waals surface area contributed by atoms with Crippen molar-refractivity contribution in [2.45, 2.75) is 6.92 Å². The number of azo groups is 1. The van der Waals surface area contributed by atoms with Gasteiger partial charge < -0.3 is 11.1 Å². The lowest BCUT2D eigenvalue weighted by atomic mass is 10.2. The van der Waals surface area contributed by atoms with E-state index in [4.69, 9.17) is 5.73 Å². The molecule has 0 aliphatic carbocycles. The first-order valence-corrected chi connectivity index (χ1v) is 7.86. The van der Waals surface area contributed by atoms with Crippen LogP contribution in [0.1, 0.15) is 15.9 Å². The highest BCUT2D eigenvalue weighted by atomic mass is 16.1. The van der Waals surface area contributed by atoms with Gasteiger partial charge in [-0.05, 0) is 67.1 Å². The molecule has 124 valence electrons. The maximum absolute atomic E-state index is 12.1. The molecule has 0 saturated heterocycles. The molecule has 3 aromatic carbocycles. The van der Waals surface area contributed by atoms with E-state index in [9.17, 15) is 4.79 Å². The Bertz CT molecular complexity index is 903. The van der Waals surface area contributed by atoms with E-state index in [0.29, 0.717) is 22.6 Å². The molecule has 5 nitrogen and oxygen atoms in total. The van der Waals surface area contributed by atoms with Crippen LogP contribution in [0.5, 0.6) is 0 Å². The predicted octanol–water partition coefficient (Wildman–Crippen LogP) is 5.24. The molecule has 0 aliphatic heterocycles. The molecular weight excluding hydrogens is 312 g/mol. The zero-order chi connectivity index (χ0) is 17.6. The third kappa shape index (κ3) is 4.29. The summed E-state index contributed by atoms with van der Waals surface area (Å²) in [5.41, 5.74) is 10.2. The molecule has 0 aliphatic rings. The van der Waals surface area contributed by atoms with Crippen LogP contribution in [0.4, 0.5) is 22.7 Å². The average molecular weight is 330 g/mol. The van der Waals surface area contributed by atoms with Gasteiger partial charge in [0, 0.05) is 16.9 Å². The number of nitrogens with two attached hydrogens (primary N) is 1. The summed E-state index contributed by atoms with van der Waals surface area (Å²) < 4.78 is 0. The monoisotopic (exact) mass is 330 g/mol. The summed E-state index contributed by atoms with van der Waals surface area (Å²) in [4.78, 5) is 12.1. The lowest BCUT2D eigenvalue weighted by molar-refractivity contribution is 0.102. The molecule has 0 unspecified atom stereocenters. The van der Waals surface area contributed by atoms with Crippen molar-refractivity contribution >= 4 is 28.7 Å². The number of nitrogen functional groups attached to an aromatic ring is 1. The molecule has 5 heteroatoms. The van der Waals surface area contributed by atoms with E-state index in [1.807, 2.05) is 37.3 Å². The first-order chi connectivity index (χ1) is 12.1. The smallest absolute Gasteiger partial charge is 0.255 e. The van der Waals surface area contributed by atoms with Crippen molar-refractivity contribution in [3.63, 3.8) is 0 Å². The number of carbonyl (C=O) groups is 1. The Balaban J connectivity index is 1.68. The molecule has 3 aromatic rings. The molecule has 0 fully saturated rings. The summed E-state index contributed by atoms with van der Waals surface area (Å²) in [6, 6.07) is 21.8. The van der Waals surface area contributed by atoms with Gasteiger partial charge in [-0.15, -0.1) is 0 Å². The van der Waals surface area contributed by atoms with Crippen LogP contribution < -0.4 is 11.1 Å². The van der Waals surface area contributed by atoms with Crippen molar-refractivity contribution in [1.82, 2.24) is 0 Å². The fourth-order valence-electron chi connectivity index (χ4n) is 2.31. The zero-order valence-corrected chi connectivity index (χ0v) is 13.8. The van der Waals surface area contributed by atoms with Crippen molar-refractivity contribution in [2.24, 2.45) is 10.2 Å². The normalized spacial score (nSPS) is 10.8. The van der Waals surface area contributed by atoms with Gasteiger partial charge in [0.05, 0.1) is 11.4 Å². The molecule has 3 N–H and O–H groups in total. The molecular formula is C20H18N4O. The quantitative estimate of drug-likeness (QED) is 0.506. The summed E-state index contributed by atoms with van der Waals surface area (Å²) in [7, 11) is 0. The summed E-state index contributed by atoms with van der Waals surface area (Å²) in [5, 5.41) is 11.3. The van der Waals surface area contributed by atoms with Gasteiger partial charge in [-0.25, -0.2) is 0 Å². The highest BCUT2D eigenvalue weighted by molar-refractivity contribution is 6.04. The second-order valence-corrected chi connectivity index (χ2v) is 5.61. The fourth-order valence-corrected chi connectivity index (χ4v) is 2.31. The number of aryl methyl sites for hydroxylation is 1. The van der Waals surface area contributed by atoms with Gasteiger partial charge in [0.1, 0.15) is 0 Å². The van der Waals surface area contributed by atoms with Crippen LogP contribution in [0, 0.1) is 6.92 Å². The Kier molecular flexibility index (Phi) is 4.85. The largest absolute Gasteiger partial charge is 0.399 e. The van der Waals surface area contributed by atoms with Crippen molar-refractivity contribution in [3.05, 3.63) is 83.9 Å². The van der Waals surface area contributed by atoms with E-state index in [1.54, 1.807) is 42.5 Å². The molecule has 0 bridgehead atoms. The number of benzene rings is 3. The van der Waals surface area contributed by atoms with Gasteiger partial charge in [0.15, 0.2) is 0 Å². The maximum atomic E-state index is 12.1. The number of amides is 1. The Labute approximate surface area is 146 Å². The standard InChI is InChI=1S/C20H18N4O/c1-14-13-16(21)7-12-19(14)24-23-18-10-8-17(9-11-18)22-20(25)15-5-3-2-4-6-15/h2-13H,21H2,1H3,(H,22,25). The topological polar surface area (TPSA) is 79.8 Å². The van der Waals surface area contributed by atoms with E-state index in [1.165, 1.54) is 0 Å². The minimum Gasteiger partial charge on any atom is -0.399 e. The summed E-state index contributed by atoms with van der Waals surface area (Å²) in [6.07, 6.45) is 0. The SMILES string of the molecule is Cc1cc(N)ccc1N=Nc1ccc(NC(=O)c2ccccc2)cc1. The van der Waals surface area contributed by atoms with E-state index >= 15 is 0 Å². The maximum Gasteiger partial charge on any atom is 0.255 e. The Morgan fingerprint density at radius 3 is 2.32 bits per heavy atom. The van der Waals surface area contributed by atoms with E-state index in [0.717, 1.165) is 11.3 Å². The van der Waals surface area contributed by atoms with Crippen LogP contribution in [0.2, 0.25) is 0 Å². The fraction of sp³-hybridized carbons (Fsp3) is 0.0500. The first-order valence-electron chi connectivity index (χ1n) is 7.86. The van der Waals surface area contributed by atoms with Crippen LogP contribution in [0.3, 0.4) is 0 Å². The van der Waals surface area contributed by atoms with Crippen LogP contribution in [-0.4, -0.2) is 5.91 Å². The minimum absolute atomic E-state index is 0.146. The number of anilines is 2. The highest BCUT2D eigenvalue weighted by Crippen LogP contribution is 2.24. The lowest BCUT2D eigenvalue weighted by Gasteiger charge is -2.05. The molecule has 3 rings (SSSR count). The van der Waals surface area contributed by atoms with E-state index < -0.39 is 0 Å². The van der Waals surface area contributed by atoms with Crippen molar-refractivity contribution in [2.75, 3.05) is 11.1 Å². The molecule has 0 atom stereocenters. The molecule has 0 saturated carbocycles. The zero-order valence-electron chi connectivity index (χ0n) is 13.8. The third-order valence-corrected chi connectivity index (χ3v) is 3.66. The van der Waals surface area contributed by atoms with Gasteiger partial charge in [-0.1, -0.05) is 18.2 Å². The molecule has 0 radical (unpaired) electrons. The van der Waals surface area contributed by atoms with Crippen LogP contribution in [0.25, 0.3) is 0 Å². The number of rotatable bonds is 4. The minimum atomic E-state index is -0.146. The molecule has 25 heavy (non-hydrogen) atoms. The Hall–Kier alpha value is -3.47. The Morgan fingerprint density at radius 1 is 0.920 bits per heavy atom. The van der Waals surface area contributed by atoms with Crippen LogP contribution >= 0.6 is 0 Å². The second kappa shape index (κ2) is 7.40. The van der Waals surface area contributed by atoms with Crippen molar-refractivity contribution < 1.29 is 4.79 Å². The second-order valence-electron chi connectivity index (χ2n) is 5.61. The van der Waals surface area contributed by atoms with Crippen molar-refractivity contribution in [1.29, 1.82) is 0 Å². The number of carbonyl (C=O) groups excluding carboxylic acids is 1. The number of hydrogen-bond donors (Lipinski definition) is 2. The molecule has 0 heterocycles. The number of hydrogen-bond acceptors (Lipinski definition) is 4. The third-order valence-electron chi connectivity index (χ3n) is 3.66. The van der Waals surface area contributed by atoms with Crippen LogP contribution in [-0.2, 0) is 0 Å². The summed E-state index contributed by atoms with van der Waals surface area (Å²) >= 11 is 0. The number of nitrogens with one attached hydrogen (secondary N) is 1. The highest BCUT2D eigenvalue weighted by Gasteiger charge is 2.04. The predicted molar refractivity (Wildman–Crippen MR) is 101 cm³/mol. The van der Waals surface area contributed by atoms with Gasteiger partial charge in [-0.3, -0.25) is 4.79 Å². The van der Waals surface area contributed by atoms with E-state index in [2.05, 4.69) is 15.5 Å². The molecule has 1 amide bonds. The molecule has 0 spiro atoms. The average Bonchev–Trinajstić information content (AvgIpc) is 2.63. The number of nitrogens with zero attached hydrogens (tertiary/aromatic N) is 2.